The number of ketones is 1. The van der Waals surface area contributed by atoms with E-state index in [1.54, 1.807) is 0 Å². The van der Waals surface area contributed by atoms with Gasteiger partial charge in [0.15, 0.2) is 5.78 Å². The predicted octanol–water partition coefficient (Wildman–Crippen LogP) is 2.15. The third kappa shape index (κ3) is 2.82. The molecule has 5 heteroatoms. The van der Waals surface area contributed by atoms with Gasteiger partial charge in [0, 0.05) is 17.3 Å². The number of methoxy groups -OCH3 is 1. The van der Waals surface area contributed by atoms with Gasteiger partial charge in [0.25, 0.3) is 0 Å². The number of phenolic OH excluding ortho intramolecular Hbond substituents is 1. The molecule has 0 amide bonds. The maximum Gasteiger partial charge on any atom is 0.341 e. The van der Waals surface area contributed by atoms with Crippen LogP contribution in [0.1, 0.15) is 27.1 Å². The first-order valence-corrected chi connectivity index (χ1v) is 5.72. The van der Waals surface area contributed by atoms with Crippen molar-refractivity contribution in [3.8, 4) is 5.75 Å². The van der Waals surface area contributed by atoms with Crippen LogP contribution in [0.25, 0.3) is 0 Å². The quantitative estimate of drug-likeness (QED) is 0.523. The number of esters is 1. The number of carbonyl (C=O) groups excluding carboxylic acids is 2. The molecule has 0 unspecified atom stereocenters. The molecule has 86 valence electrons. The molecule has 0 spiro atoms. The average molecular weight is 287 g/mol. The first-order chi connectivity index (χ1) is 7.60. The smallest absolute Gasteiger partial charge is 0.341 e. The lowest BCUT2D eigenvalue weighted by molar-refractivity contribution is 0.0597. The van der Waals surface area contributed by atoms with Crippen LogP contribution in [0.4, 0.5) is 0 Å². The minimum Gasteiger partial charge on any atom is -0.507 e. The Kier molecular flexibility index (Phi) is 4.49. The molecule has 1 aromatic rings. The van der Waals surface area contributed by atoms with Gasteiger partial charge < -0.3 is 9.84 Å². The lowest BCUT2D eigenvalue weighted by Gasteiger charge is -2.05. The first kappa shape index (κ1) is 12.7. The van der Waals surface area contributed by atoms with E-state index in [1.807, 2.05) is 0 Å². The summed E-state index contributed by atoms with van der Waals surface area (Å²) in [5.74, 6) is -0.949. The molecule has 0 saturated carbocycles. The summed E-state index contributed by atoms with van der Waals surface area (Å²) in [5.41, 5.74) is 0.389. The van der Waals surface area contributed by atoms with Crippen molar-refractivity contribution >= 4 is 27.7 Å². The third-order valence-electron chi connectivity index (χ3n) is 2.05. The molecule has 1 N–H and O–H groups in total. The second-order valence-corrected chi connectivity index (χ2v) is 3.88. The fourth-order valence-corrected chi connectivity index (χ4v) is 1.57. The molecule has 0 aliphatic heterocycles. The van der Waals surface area contributed by atoms with Crippen LogP contribution in [-0.4, -0.2) is 29.3 Å². The van der Waals surface area contributed by atoms with E-state index in [4.69, 9.17) is 0 Å². The van der Waals surface area contributed by atoms with E-state index in [-0.39, 0.29) is 17.1 Å². The molecular weight excluding hydrogens is 276 g/mol. The Hall–Kier alpha value is -1.36. The largest absolute Gasteiger partial charge is 0.507 e. The van der Waals surface area contributed by atoms with Gasteiger partial charge in [-0.1, -0.05) is 15.9 Å². The van der Waals surface area contributed by atoms with E-state index < -0.39 is 5.97 Å². The van der Waals surface area contributed by atoms with Crippen molar-refractivity contribution in [2.45, 2.75) is 6.42 Å². The highest BCUT2D eigenvalue weighted by molar-refractivity contribution is 9.09. The Bertz CT molecular complexity index is 414. The number of phenols is 1. The van der Waals surface area contributed by atoms with Crippen molar-refractivity contribution < 1.29 is 19.4 Å². The van der Waals surface area contributed by atoms with E-state index in [0.29, 0.717) is 17.3 Å². The predicted molar refractivity (Wildman–Crippen MR) is 62.2 cm³/mol. The topological polar surface area (TPSA) is 63.6 Å². The fourth-order valence-electron chi connectivity index (χ4n) is 1.21. The van der Waals surface area contributed by atoms with Gasteiger partial charge in [-0.05, 0) is 18.2 Å². The number of hydrogen-bond donors (Lipinski definition) is 1. The van der Waals surface area contributed by atoms with Crippen LogP contribution in [0.2, 0.25) is 0 Å². The number of rotatable bonds is 4. The molecular formula is C11H11BrO4. The van der Waals surface area contributed by atoms with Crippen molar-refractivity contribution in [1.29, 1.82) is 0 Å². The Balaban J connectivity index is 3.07. The summed E-state index contributed by atoms with van der Waals surface area (Å²) < 4.78 is 4.49. The van der Waals surface area contributed by atoms with Crippen molar-refractivity contribution in [3.63, 3.8) is 0 Å². The van der Waals surface area contributed by atoms with Gasteiger partial charge in [-0.15, -0.1) is 0 Å². The summed E-state index contributed by atoms with van der Waals surface area (Å²) >= 11 is 3.16. The Morgan fingerprint density at radius 3 is 2.69 bits per heavy atom. The standard InChI is InChI=1S/C11H11BrO4/c1-16-11(15)8-6-7(2-3-10(8)14)9(13)4-5-12/h2-3,6,14H,4-5H2,1H3. The summed E-state index contributed by atoms with van der Waals surface area (Å²) in [6.07, 6.45) is 0.339. The Morgan fingerprint density at radius 1 is 1.44 bits per heavy atom. The average Bonchev–Trinajstić information content (AvgIpc) is 2.29. The number of halogens is 1. The van der Waals surface area contributed by atoms with Crippen molar-refractivity contribution in [2.24, 2.45) is 0 Å². The van der Waals surface area contributed by atoms with E-state index in [1.165, 1.54) is 25.3 Å². The van der Waals surface area contributed by atoms with Gasteiger partial charge in [0.05, 0.1) is 7.11 Å². The Morgan fingerprint density at radius 2 is 2.12 bits per heavy atom. The van der Waals surface area contributed by atoms with Crippen LogP contribution in [0, 0.1) is 0 Å². The molecule has 0 radical (unpaired) electrons. The monoisotopic (exact) mass is 286 g/mol. The number of Topliss-reactive ketones (excluding diaryl/α,β-unsaturated/α-hetero) is 1. The number of benzene rings is 1. The lowest BCUT2D eigenvalue weighted by Crippen LogP contribution is -2.05. The van der Waals surface area contributed by atoms with Gasteiger partial charge in [-0.3, -0.25) is 4.79 Å². The molecule has 0 aliphatic rings. The van der Waals surface area contributed by atoms with Gasteiger partial charge in [-0.25, -0.2) is 4.79 Å². The van der Waals surface area contributed by atoms with Crippen molar-refractivity contribution in [3.05, 3.63) is 29.3 Å². The van der Waals surface area contributed by atoms with E-state index >= 15 is 0 Å². The van der Waals surface area contributed by atoms with Crippen molar-refractivity contribution in [1.82, 2.24) is 0 Å². The number of hydrogen-bond acceptors (Lipinski definition) is 4. The van der Waals surface area contributed by atoms with Gasteiger partial charge in [-0.2, -0.15) is 0 Å². The maximum absolute atomic E-state index is 11.6. The lowest BCUT2D eigenvalue weighted by atomic mass is 10.0. The molecule has 0 aliphatic carbocycles. The second-order valence-electron chi connectivity index (χ2n) is 3.09. The van der Waals surface area contributed by atoms with Crippen LogP contribution >= 0.6 is 15.9 Å². The van der Waals surface area contributed by atoms with E-state index in [2.05, 4.69) is 20.7 Å². The van der Waals surface area contributed by atoms with E-state index in [0.717, 1.165) is 0 Å². The normalized spacial score (nSPS) is 9.88. The molecule has 4 nitrogen and oxygen atoms in total. The highest BCUT2D eigenvalue weighted by Crippen LogP contribution is 2.20. The molecule has 1 rings (SSSR count). The molecule has 16 heavy (non-hydrogen) atoms. The number of carbonyl (C=O) groups is 2. The number of aromatic hydroxyl groups is 1. The van der Waals surface area contributed by atoms with Gasteiger partial charge in [0.1, 0.15) is 11.3 Å². The molecule has 0 fully saturated rings. The molecule has 0 atom stereocenters. The molecule has 1 aromatic carbocycles. The zero-order valence-corrected chi connectivity index (χ0v) is 10.3. The van der Waals surface area contributed by atoms with Crippen LogP contribution in [0.15, 0.2) is 18.2 Å². The minimum absolute atomic E-state index is 0.00271. The van der Waals surface area contributed by atoms with Gasteiger partial charge in [0.2, 0.25) is 0 Å². The minimum atomic E-state index is -0.661. The second kappa shape index (κ2) is 5.65. The van der Waals surface area contributed by atoms with Crippen LogP contribution in [-0.2, 0) is 4.74 Å². The SMILES string of the molecule is COC(=O)c1cc(C(=O)CCBr)ccc1O. The van der Waals surface area contributed by atoms with Crippen molar-refractivity contribution in [2.75, 3.05) is 12.4 Å². The first-order valence-electron chi connectivity index (χ1n) is 4.60. The number of ether oxygens (including phenoxy) is 1. The maximum atomic E-state index is 11.6. The molecule has 0 saturated heterocycles. The summed E-state index contributed by atoms with van der Waals surface area (Å²) in [4.78, 5) is 22.8. The van der Waals surface area contributed by atoms with Gasteiger partial charge >= 0.3 is 5.97 Å². The third-order valence-corrected chi connectivity index (χ3v) is 2.44. The molecule has 0 aromatic heterocycles. The van der Waals surface area contributed by atoms with E-state index in [9.17, 15) is 14.7 Å². The zero-order valence-electron chi connectivity index (χ0n) is 8.70. The summed E-state index contributed by atoms with van der Waals surface area (Å²) in [7, 11) is 1.22. The fraction of sp³-hybridized carbons (Fsp3) is 0.273. The zero-order chi connectivity index (χ0) is 12.1. The molecule has 0 bridgehead atoms. The highest BCUT2D eigenvalue weighted by atomic mass is 79.9. The summed E-state index contributed by atoms with van der Waals surface area (Å²) in [6.45, 7) is 0. The van der Waals surface area contributed by atoms with Crippen LogP contribution in [0.3, 0.4) is 0 Å². The molecule has 0 heterocycles. The Labute approximate surface area is 101 Å². The van der Waals surface area contributed by atoms with Crippen LogP contribution in [0.5, 0.6) is 5.75 Å². The summed E-state index contributed by atoms with van der Waals surface area (Å²) in [5, 5.41) is 9.98. The highest BCUT2D eigenvalue weighted by Gasteiger charge is 2.14. The number of alkyl halides is 1. The van der Waals surface area contributed by atoms with Crippen LogP contribution < -0.4 is 0 Å². The summed E-state index contributed by atoms with van der Waals surface area (Å²) in [6, 6.07) is 4.13.